The number of carboxylic acid groups (broad SMARTS) is 1. The maximum absolute atomic E-state index is 12.1. The third-order valence-electron chi connectivity index (χ3n) is 2.56. The van der Waals surface area contributed by atoms with Crippen LogP contribution in [0.1, 0.15) is 16.1 Å². The molecule has 21 heavy (non-hydrogen) atoms. The highest BCUT2D eigenvalue weighted by Gasteiger charge is 2.19. The Morgan fingerprint density at radius 1 is 1.38 bits per heavy atom. The zero-order valence-electron chi connectivity index (χ0n) is 10.3. The molecular formula is C12H8BrNO6S. The number of benzene rings is 1. The molecule has 0 saturated heterocycles. The molecule has 0 aliphatic carbocycles. The number of rotatable bonds is 5. The Hall–Kier alpha value is -2.00. The molecule has 1 atom stereocenters. The lowest BCUT2D eigenvalue weighted by Crippen LogP contribution is -1.99. The monoisotopic (exact) mass is 373 g/mol. The molecule has 0 amide bonds. The van der Waals surface area contributed by atoms with Gasteiger partial charge >= 0.3 is 5.97 Å². The summed E-state index contributed by atoms with van der Waals surface area (Å²) >= 11 is 3.11. The summed E-state index contributed by atoms with van der Waals surface area (Å²) in [5.41, 5.74) is 0.339. The van der Waals surface area contributed by atoms with E-state index in [1.54, 1.807) is 6.07 Å². The van der Waals surface area contributed by atoms with Gasteiger partial charge in [-0.25, -0.2) is 4.79 Å². The lowest BCUT2D eigenvalue weighted by Gasteiger charge is -2.03. The van der Waals surface area contributed by atoms with Crippen molar-refractivity contribution >= 4 is 38.4 Å². The zero-order valence-corrected chi connectivity index (χ0v) is 12.7. The van der Waals surface area contributed by atoms with E-state index in [-0.39, 0.29) is 26.8 Å². The Labute approximate surface area is 129 Å². The summed E-state index contributed by atoms with van der Waals surface area (Å²) in [6, 6.07) is 6.92. The molecule has 0 radical (unpaired) electrons. The van der Waals surface area contributed by atoms with Gasteiger partial charge in [-0.1, -0.05) is 12.1 Å². The van der Waals surface area contributed by atoms with Crippen LogP contribution >= 0.6 is 15.9 Å². The second-order valence-corrected chi connectivity index (χ2v) is 6.10. The predicted octanol–water partition coefficient (Wildman–Crippen LogP) is 2.96. The molecule has 0 aliphatic heterocycles. The molecule has 1 N–H and O–H groups in total. The molecular weight excluding hydrogens is 366 g/mol. The molecule has 0 bridgehead atoms. The number of carboxylic acids is 1. The fraction of sp³-hybridized carbons (Fsp3) is 0.0833. The van der Waals surface area contributed by atoms with Crippen molar-refractivity contribution in [1.82, 2.24) is 0 Å². The third kappa shape index (κ3) is 3.37. The van der Waals surface area contributed by atoms with E-state index in [2.05, 4.69) is 15.9 Å². The van der Waals surface area contributed by atoms with Crippen LogP contribution in [0.2, 0.25) is 0 Å². The summed E-state index contributed by atoms with van der Waals surface area (Å²) < 4.78 is 17.3. The van der Waals surface area contributed by atoms with Gasteiger partial charge in [0.15, 0.2) is 5.09 Å². The first-order valence-corrected chi connectivity index (χ1v) is 7.64. The van der Waals surface area contributed by atoms with E-state index in [1.807, 2.05) is 0 Å². The number of nitro groups is 1. The Morgan fingerprint density at radius 2 is 2.10 bits per heavy atom. The fourth-order valence-electron chi connectivity index (χ4n) is 1.59. The number of halogens is 1. The van der Waals surface area contributed by atoms with Crippen LogP contribution < -0.4 is 0 Å². The van der Waals surface area contributed by atoms with Crippen LogP contribution in [0.4, 0.5) is 5.69 Å². The van der Waals surface area contributed by atoms with E-state index < -0.39 is 21.7 Å². The number of nitro benzene ring substituents is 1. The van der Waals surface area contributed by atoms with Crippen LogP contribution in [0.25, 0.3) is 0 Å². The molecule has 1 heterocycles. The average molecular weight is 374 g/mol. The maximum Gasteiger partial charge on any atom is 0.371 e. The smallest absolute Gasteiger partial charge is 0.371 e. The Balaban J connectivity index is 2.25. The van der Waals surface area contributed by atoms with Crippen molar-refractivity contribution in [1.29, 1.82) is 0 Å². The minimum absolute atomic E-state index is 0.00538. The summed E-state index contributed by atoms with van der Waals surface area (Å²) in [7, 11) is -1.64. The minimum atomic E-state index is -1.64. The van der Waals surface area contributed by atoms with E-state index in [4.69, 9.17) is 9.52 Å². The molecule has 0 saturated carbocycles. The molecule has 2 rings (SSSR count). The van der Waals surface area contributed by atoms with E-state index in [0.717, 1.165) is 0 Å². The van der Waals surface area contributed by atoms with Crippen LogP contribution in [0.5, 0.6) is 0 Å². The maximum atomic E-state index is 12.1. The van der Waals surface area contributed by atoms with Gasteiger partial charge < -0.3 is 9.52 Å². The molecule has 0 fully saturated rings. The van der Waals surface area contributed by atoms with Gasteiger partial charge in [-0.15, -0.1) is 0 Å². The highest BCUT2D eigenvalue weighted by molar-refractivity contribution is 9.10. The molecule has 0 spiro atoms. The van der Waals surface area contributed by atoms with Crippen molar-refractivity contribution in [3.63, 3.8) is 0 Å². The number of nitrogens with zero attached hydrogens (tertiary/aromatic N) is 1. The van der Waals surface area contributed by atoms with Crippen molar-refractivity contribution in [2.75, 3.05) is 0 Å². The second-order valence-electron chi connectivity index (χ2n) is 3.92. The van der Waals surface area contributed by atoms with Crippen LogP contribution in [0, 0.1) is 10.1 Å². The van der Waals surface area contributed by atoms with Crippen molar-refractivity contribution in [3.05, 3.63) is 56.2 Å². The Morgan fingerprint density at radius 3 is 2.67 bits per heavy atom. The van der Waals surface area contributed by atoms with Crippen LogP contribution in [0.15, 0.2) is 44.3 Å². The van der Waals surface area contributed by atoms with Crippen LogP contribution in [0.3, 0.4) is 0 Å². The summed E-state index contributed by atoms with van der Waals surface area (Å²) in [6.07, 6.45) is 0. The largest absolute Gasteiger partial charge is 0.475 e. The van der Waals surface area contributed by atoms with Gasteiger partial charge in [-0.05, 0) is 33.6 Å². The Kier molecular flexibility index (Phi) is 4.53. The molecule has 7 nitrogen and oxygen atoms in total. The first-order valence-electron chi connectivity index (χ1n) is 5.53. The number of furan rings is 1. The van der Waals surface area contributed by atoms with Gasteiger partial charge in [0.25, 0.3) is 5.69 Å². The summed E-state index contributed by atoms with van der Waals surface area (Å²) in [4.78, 5) is 21.0. The average Bonchev–Trinajstić information content (AvgIpc) is 2.90. The van der Waals surface area contributed by atoms with Crippen LogP contribution in [-0.4, -0.2) is 20.2 Å². The van der Waals surface area contributed by atoms with Gasteiger partial charge in [-0.3, -0.25) is 14.3 Å². The van der Waals surface area contributed by atoms with Crippen molar-refractivity contribution < 1.29 is 23.5 Å². The first-order chi connectivity index (χ1) is 9.90. The first kappa shape index (κ1) is 15.4. The molecule has 1 unspecified atom stereocenters. The summed E-state index contributed by atoms with van der Waals surface area (Å²) in [6.45, 7) is 0. The van der Waals surface area contributed by atoms with E-state index in [9.17, 15) is 19.1 Å². The van der Waals surface area contributed by atoms with Crippen LogP contribution in [-0.2, 0) is 16.6 Å². The molecule has 1 aromatic carbocycles. The van der Waals surface area contributed by atoms with Gasteiger partial charge in [0, 0.05) is 6.07 Å². The highest BCUT2D eigenvalue weighted by atomic mass is 79.9. The number of aromatic carboxylic acids is 1. The van der Waals surface area contributed by atoms with Gasteiger partial charge in [-0.2, -0.15) is 0 Å². The fourth-order valence-corrected chi connectivity index (χ4v) is 3.39. The van der Waals surface area contributed by atoms with Crippen molar-refractivity contribution in [3.8, 4) is 0 Å². The van der Waals surface area contributed by atoms with Crippen molar-refractivity contribution in [2.45, 2.75) is 10.8 Å². The number of hydrogen-bond donors (Lipinski definition) is 1. The Bertz CT molecular complexity index is 741. The van der Waals surface area contributed by atoms with Gasteiger partial charge in [0.1, 0.15) is 0 Å². The molecule has 2 aromatic rings. The molecule has 9 heteroatoms. The minimum Gasteiger partial charge on any atom is -0.475 e. The van der Waals surface area contributed by atoms with E-state index >= 15 is 0 Å². The molecule has 0 aliphatic rings. The lowest BCUT2D eigenvalue weighted by molar-refractivity contribution is -0.385. The quantitative estimate of drug-likeness (QED) is 0.636. The third-order valence-corrected chi connectivity index (χ3v) is 4.72. The van der Waals surface area contributed by atoms with Gasteiger partial charge in [0.2, 0.25) is 5.76 Å². The number of carbonyl (C=O) groups is 1. The zero-order chi connectivity index (χ0) is 15.6. The van der Waals surface area contributed by atoms with Crippen molar-refractivity contribution in [2.24, 2.45) is 0 Å². The normalized spacial score (nSPS) is 12.0. The second kappa shape index (κ2) is 6.19. The standard InChI is InChI=1S/C12H8BrNO6S/c13-11-7(2-1-3-8(11)14(17)18)6-21(19)10-5-4-9(20-10)12(15)16/h1-5H,6H2,(H,15,16). The molecule has 1 aromatic heterocycles. The van der Waals surface area contributed by atoms with E-state index in [1.165, 1.54) is 24.3 Å². The summed E-state index contributed by atoms with van der Waals surface area (Å²) in [5, 5.41) is 19.6. The highest BCUT2D eigenvalue weighted by Crippen LogP contribution is 2.30. The number of hydrogen-bond acceptors (Lipinski definition) is 5. The molecule has 110 valence electrons. The topological polar surface area (TPSA) is 111 Å². The lowest BCUT2D eigenvalue weighted by atomic mass is 10.2. The SMILES string of the molecule is O=C(O)c1ccc(S(=O)Cc2cccc([N+](=O)[O-])c2Br)o1. The summed E-state index contributed by atoms with van der Waals surface area (Å²) in [5.74, 6) is -1.60. The predicted molar refractivity (Wildman–Crippen MR) is 76.6 cm³/mol. The van der Waals surface area contributed by atoms with E-state index in [0.29, 0.717) is 5.56 Å². The van der Waals surface area contributed by atoms with Gasteiger partial charge in [0.05, 0.1) is 25.9 Å².